The maximum atomic E-state index is 12.9. The number of hydrogen-bond acceptors (Lipinski definition) is 5. The predicted molar refractivity (Wildman–Crippen MR) is 120 cm³/mol. The molecule has 2 atom stereocenters. The number of piperidine rings is 1. The van der Waals surface area contributed by atoms with Crippen LogP contribution in [0.3, 0.4) is 0 Å². The third-order valence-corrected chi connectivity index (χ3v) is 5.06. The lowest BCUT2D eigenvalue weighted by molar-refractivity contribution is -0.127. The van der Waals surface area contributed by atoms with Crippen molar-refractivity contribution in [3.63, 3.8) is 0 Å². The molecule has 31 heavy (non-hydrogen) atoms. The molecule has 0 aliphatic carbocycles. The summed E-state index contributed by atoms with van der Waals surface area (Å²) in [5, 5.41) is 3.08. The molecule has 2 unspecified atom stereocenters. The standard InChI is InChI=1S/C24H38N2O5/c1-16(2)15-30-20-11-10-18(13-21(20)29-7)17(3)25-22(27)19-9-8-12-26(14-19)23(28)31-24(4,5)6/h10-11,13,16-17,19H,8-9,12,14-15H2,1-7H3,(H,25,27). The molecular formula is C24H38N2O5. The van der Waals surface area contributed by atoms with Gasteiger partial charge < -0.3 is 24.4 Å². The van der Waals surface area contributed by atoms with Crippen LogP contribution < -0.4 is 14.8 Å². The molecule has 7 nitrogen and oxygen atoms in total. The lowest BCUT2D eigenvalue weighted by Crippen LogP contribution is -2.47. The molecule has 1 aromatic rings. The molecular weight excluding hydrogens is 396 g/mol. The highest BCUT2D eigenvalue weighted by Crippen LogP contribution is 2.31. The van der Waals surface area contributed by atoms with Crippen molar-refractivity contribution in [3.8, 4) is 11.5 Å². The van der Waals surface area contributed by atoms with Gasteiger partial charge in [-0.15, -0.1) is 0 Å². The van der Waals surface area contributed by atoms with Gasteiger partial charge in [0.15, 0.2) is 11.5 Å². The summed E-state index contributed by atoms with van der Waals surface area (Å²) in [6.45, 7) is 13.2. The van der Waals surface area contributed by atoms with Gasteiger partial charge in [0.25, 0.3) is 0 Å². The summed E-state index contributed by atoms with van der Waals surface area (Å²) in [4.78, 5) is 26.9. The van der Waals surface area contributed by atoms with E-state index in [1.54, 1.807) is 12.0 Å². The zero-order valence-corrected chi connectivity index (χ0v) is 20.0. The van der Waals surface area contributed by atoms with E-state index in [2.05, 4.69) is 19.2 Å². The first-order chi connectivity index (χ1) is 14.5. The number of benzene rings is 1. The van der Waals surface area contributed by atoms with Gasteiger partial charge in [0.05, 0.1) is 25.7 Å². The van der Waals surface area contributed by atoms with Gasteiger partial charge in [0.2, 0.25) is 5.91 Å². The maximum absolute atomic E-state index is 12.9. The van der Waals surface area contributed by atoms with Crippen molar-refractivity contribution in [3.05, 3.63) is 23.8 Å². The van der Waals surface area contributed by atoms with E-state index in [1.807, 2.05) is 45.9 Å². The molecule has 1 N–H and O–H groups in total. The Bertz CT molecular complexity index is 757. The lowest BCUT2D eigenvalue weighted by Gasteiger charge is -2.34. The van der Waals surface area contributed by atoms with Crippen molar-refractivity contribution in [2.75, 3.05) is 26.8 Å². The number of ether oxygens (including phenoxy) is 3. The molecule has 7 heteroatoms. The molecule has 1 aliphatic rings. The van der Waals surface area contributed by atoms with Crippen LogP contribution in [-0.2, 0) is 9.53 Å². The zero-order chi connectivity index (χ0) is 23.2. The van der Waals surface area contributed by atoms with Crippen molar-refractivity contribution < 1.29 is 23.8 Å². The van der Waals surface area contributed by atoms with Gasteiger partial charge in [0, 0.05) is 13.1 Å². The number of amides is 2. The highest BCUT2D eigenvalue weighted by molar-refractivity contribution is 5.80. The highest BCUT2D eigenvalue weighted by atomic mass is 16.6. The molecule has 0 radical (unpaired) electrons. The van der Waals surface area contributed by atoms with Gasteiger partial charge in [-0.2, -0.15) is 0 Å². The van der Waals surface area contributed by atoms with Gasteiger partial charge in [-0.25, -0.2) is 4.79 Å². The number of nitrogens with one attached hydrogen (secondary N) is 1. The minimum absolute atomic E-state index is 0.0557. The van der Waals surface area contributed by atoms with Gasteiger partial charge >= 0.3 is 6.09 Å². The summed E-state index contributed by atoms with van der Waals surface area (Å²) >= 11 is 0. The van der Waals surface area contributed by atoms with Crippen LogP contribution in [0.4, 0.5) is 4.79 Å². The zero-order valence-electron chi connectivity index (χ0n) is 20.0. The monoisotopic (exact) mass is 434 g/mol. The molecule has 0 aromatic heterocycles. The van der Waals surface area contributed by atoms with Gasteiger partial charge in [-0.05, 0) is 64.2 Å². The first kappa shape index (κ1) is 24.8. The molecule has 0 bridgehead atoms. The van der Waals surface area contributed by atoms with E-state index >= 15 is 0 Å². The van der Waals surface area contributed by atoms with Crippen LogP contribution in [0.15, 0.2) is 18.2 Å². The summed E-state index contributed by atoms with van der Waals surface area (Å²) < 4.78 is 16.7. The summed E-state index contributed by atoms with van der Waals surface area (Å²) in [6, 6.07) is 5.52. The van der Waals surface area contributed by atoms with Crippen LogP contribution in [0.5, 0.6) is 11.5 Å². The van der Waals surface area contributed by atoms with Crippen molar-refractivity contribution in [1.29, 1.82) is 0 Å². The quantitative estimate of drug-likeness (QED) is 0.681. The summed E-state index contributed by atoms with van der Waals surface area (Å²) in [6.07, 6.45) is 1.17. The fourth-order valence-electron chi connectivity index (χ4n) is 3.43. The van der Waals surface area contributed by atoms with Gasteiger partial charge in [-0.3, -0.25) is 4.79 Å². The molecule has 174 valence electrons. The number of rotatable bonds is 7. The van der Waals surface area contributed by atoms with Crippen LogP contribution in [0.1, 0.15) is 66.0 Å². The topological polar surface area (TPSA) is 77.1 Å². The lowest BCUT2D eigenvalue weighted by atomic mass is 9.96. The van der Waals surface area contributed by atoms with Gasteiger partial charge in [-0.1, -0.05) is 19.9 Å². The van der Waals surface area contributed by atoms with E-state index in [0.29, 0.717) is 37.1 Å². The Kier molecular flexibility index (Phi) is 8.60. The normalized spacial score (nSPS) is 17.8. The number of nitrogens with zero attached hydrogens (tertiary/aromatic N) is 1. The largest absolute Gasteiger partial charge is 0.493 e. The van der Waals surface area contributed by atoms with E-state index in [-0.39, 0.29) is 24.0 Å². The fraction of sp³-hybridized carbons (Fsp3) is 0.667. The molecule has 1 heterocycles. The number of methoxy groups -OCH3 is 1. The van der Waals surface area contributed by atoms with Crippen LogP contribution in [-0.4, -0.2) is 49.3 Å². The molecule has 0 saturated carbocycles. The molecule has 2 amide bonds. The predicted octanol–water partition coefficient (Wildman–Crippen LogP) is 4.55. The fourth-order valence-corrected chi connectivity index (χ4v) is 3.43. The summed E-state index contributed by atoms with van der Waals surface area (Å²) in [7, 11) is 1.61. The first-order valence-electron chi connectivity index (χ1n) is 11.1. The first-order valence-corrected chi connectivity index (χ1v) is 11.1. The van der Waals surface area contributed by atoms with Crippen molar-refractivity contribution in [2.45, 2.75) is 66.0 Å². The van der Waals surface area contributed by atoms with E-state index < -0.39 is 5.60 Å². The molecule has 1 aliphatic heterocycles. The second-order valence-corrected chi connectivity index (χ2v) is 9.61. The van der Waals surface area contributed by atoms with E-state index in [1.165, 1.54) is 0 Å². The smallest absolute Gasteiger partial charge is 0.410 e. The molecule has 0 spiro atoms. The van der Waals surface area contributed by atoms with Gasteiger partial charge in [0.1, 0.15) is 5.60 Å². The average molecular weight is 435 g/mol. The second kappa shape index (κ2) is 10.7. The Balaban J connectivity index is 1.99. The summed E-state index contributed by atoms with van der Waals surface area (Å²) in [5.74, 6) is 1.45. The maximum Gasteiger partial charge on any atom is 0.410 e. The van der Waals surface area contributed by atoms with Crippen molar-refractivity contribution >= 4 is 12.0 Å². The minimum Gasteiger partial charge on any atom is -0.493 e. The summed E-state index contributed by atoms with van der Waals surface area (Å²) in [5.41, 5.74) is 0.382. The third-order valence-electron chi connectivity index (χ3n) is 5.06. The Morgan fingerprint density at radius 3 is 2.52 bits per heavy atom. The Morgan fingerprint density at radius 1 is 1.19 bits per heavy atom. The van der Waals surface area contributed by atoms with E-state index in [9.17, 15) is 9.59 Å². The third kappa shape index (κ3) is 7.64. The average Bonchev–Trinajstić information content (AvgIpc) is 2.70. The molecule has 1 aromatic carbocycles. The number of carbonyl (C=O) groups is 2. The van der Waals surface area contributed by atoms with E-state index in [4.69, 9.17) is 14.2 Å². The van der Waals surface area contributed by atoms with E-state index in [0.717, 1.165) is 18.4 Å². The SMILES string of the molecule is COc1cc(C(C)NC(=O)C2CCCN(C(=O)OC(C)(C)C)C2)ccc1OCC(C)C. The molecule has 1 saturated heterocycles. The Labute approximate surface area is 186 Å². The van der Waals surface area contributed by atoms with Crippen LogP contribution in [0.25, 0.3) is 0 Å². The van der Waals surface area contributed by atoms with Crippen LogP contribution in [0.2, 0.25) is 0 Å². The minimum atomic E-state index is -0.551. The van der Waals surface area contributed by atoms with Crippen LogP contribution >= 0.6 is 0 Å². The van der Waals surface area contributed by atoms with Crippen molar-refractivity contribution in [2.24, 2.45) is 11.8 Å². The van der Waals surface area contributed by atoms with Crippen molar-refractivity contribution in [1.82, 2.24) is 10.2 Å². The Hall–Kier alpha value is -2.44. The number of likely N-dealkylation sites (tertiary alicyclic amines) is 1. The number of carbonyl (C=O) groups excluding carboxylic acids is 2. The second-order valence-electron chi connectivity index (χ2n) is 9.61. The number of hydrogen-bond donors (Lipinski definition) is 1. The molecule has 1 fully saturated rings. The van der Waals surface area contributed by atoms with Crippen LogP contribution in [0, 0.1) is 11.8 Å². The Morgan fingerprint density at radius 2 is 1.90 bits per heavy atom. The molecule has 2 rings (SSSR count). The highest BCUT2D eigenvalue weighted by Gasteiger charge is 2.31.